The molecule has 0 saturated carbocycles. The van der Waals surface area contributed by atoms with Gasteiger partial charge in [-0.05, 0) is 80.8 Å². The van der Waals surface area contributed by atoms with E-state index in [1.807, 2.05) is 20.8 Å². The van der Waals surface area contributed by atoms with Crippen molar-refractivity contribution in [2.75, 3.05) is 19.7 Å². The van der Waals surface area contributed by atoms with Gasteiger partial charge in [0.05, 0.1) is 6.61 Å². The van der Waals surface area contributed by atoms with E-state index in [-0.39, 0.29) is 12.1 Å². The van der Waals surface area contributed by atoms with Crippen molar-refractivity contribution in [2.24, 2.45) is 0 Å². The third kappa shape index (κ3) is 9.79. The lowest BCUT2D eigenvalue weighted by Crippen LogP contribution is -2.38. The normalized spacial score (nSPS) is 11.4. The Bertz CT molecular complexity index is 605. The first-order chi connectivity index (χ1) is 12.2. The van der Waals surface area contributed by atoms with E-state index >= 15 is 0 Å². The van der Waals surface area contributed by atoms with E-state index < -0.39 is 5.60 Å². The topological polar surface area (TPSA) is 55.8 Å². The molecule has 5 nitrogen and oxygen atoms in total. The molecule has 0 N–H and O–H groups in total. The van der Waals surface area contributed by atoms with Crippen LogP contribution in [0.5, 0.6) is 0 Å². The number of amides is 1. The summed E-state index contributed by atoms with van der Waals surface area (Å²) in [4.78, 5) is 25.5. The van der Waals surface area contributed by atoms with Crippen molar-refractivity contribution in [2.45, 2.75) is 46.1 Å². The van der Waals surface area contributed by atoms with Crippen LogP contribution in [0.25, 0.3) is 0 Å². The summed E-state index contributed by atoms with van der Waals surface area (Å²) in [7, 11) is 0. The second-order valence-corrected chi connectivity index (χ2v) is 8.03. The zero-order chi connectivity index (χ0) is 19.6. The van der Waals surface area contributed by atoms with E-state index in [0.717, 1.165) is 6.42 Å². The minimum atomic E-state index is -0.543. The van der Waals surface area contributed by atoms with Gasteiger partial charge in [0.2, 0.25) is 0 Å². The van der Waals surface area contributed by atoms with E-state index in [4.69, 9.17) is 9.47 Å². The van der Waals surface area contributed by atoms with Crippen LogP contribution < -0.4 is 0 Å². The highest BCUT2D eigenvalue weighted by Gasteiger charge is 2.21. The van der Waals surface area contributed by atoms with Crippen molar-refractivity contribution in [3.63, 3.8) is 0 Å². The minimum Gasteiger partial charge on any atom is -0.463 e. The van der Waals surface area contributed by atoms with E-state index in [2.05, 4.69) is 46.9 Å². The highest BCUT2D eigenvalue weighted by atomic mass is 127. The third-order valence-electron chi connectivity index (χ3n) is 3.34. The first kappa shape index (κ1) is 22.5. The number of hydrogen-bond acceptors (Lipinski definition) is 4. The first-order valence-corrected chi connectivity index (χ1v) is 9.85. The first-order valence-electron chi connectivity index (χ1n) is 8.77. The number of nitrogens with zero attached hydrogens (tertiary/aromatic N) is 1. The summed E-state index contributed by atoms with van der Waals surface area (Å²) >= 11 is 2.27. The van der Waals surface area contributed by atoms with Crippen molar-refractivity contribution >= 4 is 34.7 Å². The molecule has 0 unspecified atom stereocenters. The Morgan fingerprint density at radius 2 is 1.81 bits per heavy atom. The standard InChI is InChI=1S/C20H28INO4/c1-5-25-18(23)8-6-7-14-22(19(24)26-20(2,3)4)15-13-16-9-11-17(21)12-10-16/h6,8-12H,5,7,13-15H2,1-4H3/b8-6+. The maximum atomic E-state index is 12.5. The van der Waals surface area contributed by atoms with Crippen LogP contribution in [-0.4, -0.2) is 42.3 Å². The predicted molar refractivity (Wildman–Crippen MR) is 111 cm³/mol. The molecule has 26 heavy (non-hydrogen) atoms. The number of hydrogen-bond donors (Lipinski definition) is 0. The van der Waals surface area contributed by atoms with E-state index in [0.29, 0.717) is 26.1 Å². The Labute approximate surface area is 169 Å². The van der Waals surface area contributed by atoms with Crippen molar-refractivity contribution < 1.29 is 19.1 Å². The molecule has 1 aromatic rings. The van der Waals surface area contributed by atoms with Gasteiger partial charge in [0.25, 0.3) is 0 Å². The number of benzene rings is 1. The second-order valence-electron chi connectivity index (χ2n) is 6.79. The summed E-state index contributed by atoms with van der Waals surface area (Å²) < 4.78 is 11.5. The summed E-state index contributed by atoms with van der Waals surface area (Å²) in [5, 5.41) is 0. The summed E-state index contributed by atoms with van der Waals surface area (Å²) in [5.41, 5.74) is 0.625. The zero-order valence-corrected chi connectivity index (χ0v) is 18.1. The molecule has 0 atom stereocenters. The molecule has 1 aromatic carbocycles. The Balaban J connectivity index is 2.64. The molecule has 6 heteroatoms. The second kappa shape index (κ2) is 11.2. The van der Waals surface area contributed by atoms with Crippen LogP contribution in [0.15, 0.2) is 36.4 Å². The van der Waals surface area contributed by atoms with Gasteiger partial charge in [0, 0.05) is 22.7 Å². The quantitative estimate of drug-likeness (QED) is 0.315. The van der Waals surface area contributed by atoms with Gasteiger partial charge in [0.1, 0.15) is 5.60 Å². The molecule has 0 radical (unpaired) electrons. The van der Waals surface area contributed by atoms with Gasteiger partial charge in [-0.1, -0.05) is 18.2 Å². The van der Waals surface area contributed by atoms with Gasteiger partial charge in [-0.3, -0.25) is 0 Å². The summed E-state index contributed by atoms with van der Waals surface area (Å²) in [6, 6.07) is 8.23. The van der Waals surface area contributed by atoms with Crippen LogP contribution in [0, 0.1) is 3.57 Å². The molecular formula is C20H28INO4. The number of ether oxygens (including phenoxy) is 2. The fourth-order valence-corrected chi connectivity index (χ4v) is 2.50. The minimum absolute atomic E-state index is 0.340. The lowest BCUT2D eigenvalue weighted by Gasteiger charge is -2.27. The highest BCUT2D eigenvalue weighted by molar-refractivity contribution is 14.1. The number of esters is 1. The molecule has 0 heterocycles. The van der Waals surface area contributed by atoms with Crippen LogP contribution in [-0.2, 0) is 20.7 Å². The van der Waals surface area contributed by atoms with Gasteiger partial charge in [0.15, 0.2) is 0 Å². The molecule has 0 bridgehead atoms. The zero-order valence-electron chi connectivity index (χ0n) is 16.0. The SMILES string of the molecule is CCOC(=O)/C=C/CCN(CCc1ccc(I)cc1)C(=O)OC(C)(C)C. The van der Waals surface area contributed by atoms with Crippen LogP contribution in [0.1, 0.15) is 39.7 Å². The van der Waals surface area contributed by atoms with Crippen LogP contribution in [0.4, 0.5) is 4.79 Å². The number of rotatable bonds is 8. The molecule has 0 spiro atoms. The van der Waals surface area contributed by atoms with Crippen molar-refractivity contribution in [1.29, 1.82) is 0 Å². The molecule has 0 aromatic heterocycles. The lowest BCUT2D eigenvalue weighted by molar-refractivity contribution is -0.137. The van der Waals surface area contributed by atoms with Crippen LogP contribution in [0.2, 0.25) is 0 Å². The van der Waals surface area contributed by atoms with E-state index in [1.54, 1.807) is 17.9 Å². The molecule has 144 valence electrons. The van der Waals surface area contributed by atoms with Crippen molar-refractivity contribution in [1.82, 2.24) is 4.90 Å². The van der Waals surface area contributed by atoms with Gasteiger partial charge < -0.3 is 14.4 Å². The lowest BCUT2D eigenvalue weighted by atomic mass is 10.1. The highest BCUT2D eigenvalue weighted by Crippen LogP contribution is 2.12. The number of carbonyl (C=O) groups is 2. The van der Waals surface area contributed by atoms with Gasteiger partial charge in [-0.15, -0.1) is 0 Å². The van der Waals surface area contributed by atoms with E-state index in [1.165, 1.54) is 15.2 Å². The fraction of sp³-hybridized carbons (Fsp3) is 0.500. The van der Waals surface area contributed by atoms with Crippen LogP contribution in [0.3, 0.4) is 0 Å². The van der Waals surface area contributed by atoms with Gasteiger partial charge in [-0.2, -0.15) is 0 Å². The van der Waals surface area contributed by atoms with Gasteiger partial charge >= 0.3 is 12.1 Å². The largest absolute Gasteiger partial charge is 0.463 e. The smallest absolute Gasteiger partial charge is 0.410 e. The average Bonchev–Trinajstić information content (AvgIpc) is 2.54. The van der Waals surface area contributed by atoms with Crippen molar-refractivity contribution in [3.8, 4) is 0 Å². The average molecular weight is 473 g/mol. The van der Waals surface area contributed by atoms with E-state index in [9.17, 15) is 9.59 Å². The Kier molecular flexibility index (Phi) is 9.69. The number of halogens is 1. The Morgan fingerprint density at radius 3 is 2.38 bits per heavy atom. The maximum absolute atomic E-state index is 12.5. The molecule has 1 amide bonds. The maximum Gasteiger partial charge on any atom is 0.410 e. The third-order valence-corrected chi connectivity index (χ3v) is 4.06. The van der Waals surface area contributed by atoms with Gasteiger partial charge in [-0.25, -0.2) is 9.59 Å². The molecular weight excluding hydrogens is 445 g/mol. The molecule has 0 aliphatic carbocycles. The molecule has 0 saturated heterocycles. The molecule has 0 aliphatic rings. The molecule has 0 aliphatic heterocycles. The number of carbonyl (C=O) groups excluding carboxylic acids is 2. The molecule has 0 fully saturated rings. The predicted octanol–water partition coefficient (Wildman–Crippen LogP) is 4.58. The summed E-state index contributed by atoms with van der Waals surface area (Å²) in [6.45, 7) is 8.70. The molecule has 1 rings (SSSR count). The summed E-state index contributed by atoms with van der Waals surface area (Å²) in [5.74, 6) is -0.366. The fourth-order valence-electron chi connectivity index (χ4n) is 2.14. The Hall–Kier alpha value is -1.57. The monoisotopic (exact) mass is 473 g/mol. The Morgan fingerprint density at radius 1 is 1.15 bits per heavy atom. The van der Waals surface area contributed by atoms with Crippen molar-refractivity contribution in [3.05, 3.63) is 45.6 Å². The van der Waals surface area contributed by atoms with Crippen LogP contribution >= 0.6 is 22.6 Å². The summed E-state index contributed by atoms with van der Waals surface area (Å²) in [6.07, 6.45) is 4.09.